The maximum atomic E-state index is 13.5. The number of ether oxygens (including phenoxy) is 1. The number of carbonyl (C=O) groups is 1. The summed E-state index contributed by atoms with van der Waals surface area (Å²) in [6.07, 6.45) is 2.01. The summed E-state index contributed by atoms with van der Waals surface area (Å²) < 4.78 is 7.14. The zero-order chi connectivity index (χ0) is 21.4. The molecule has 1 aromatic heterocycles. The van der Waals surface area contributed by atoms with Gasteiger partial charge in [0.1, 0.15) is 11.9 Å². The van der Waals surface area contributed by atoms with E-state index in [9.17, 15) is 4.79 Å². The number of rotatable bonds is 5. The van der Waals surface area contributed by atoms with Gasteiger partial charge in [-0.05, 0) is 44.4 Å². The van der Waals surface area contributed by atoms with E-state index >= 15 is 0 Å². The van der Waals surface area contributed by atoms with Crippen molar-refractivity contribution in [3.8, 4) is 0 Å². The number of anilines is 1. The van der Waals surface area contributed by atoms with Gasteiger partial charge in [-0.25, -0.2) is 9.69 Å². The molecule has 0 spiro atoms. The standard InChI is InChI=1S/C21H25Cl2N5O2/c1-12-9-18-24-13(2)19(21(29)26-27-8-4-5-15(27)11-30-3)20(28(18)25-12)14-6-7-16(22)17(23)10-14/h6-7,9-10,15,20,24H,4-5,8,11H2,1-3H3,(H,26,29)/t15-,20?/m1/s1. The van der Waals surface area contributed by atoms with Crippen LogP contribution in [0.5, 0.6) is 0 Å². The van der Waals surface area contributed by atoms with Gasteiger partial charge in [0, 0.05) is 25.4 Å². The molecule has 4 rings (SSSR count). The third-order valence-electron chi connectivity index (χ3n) is 5.58. The lowest BCUT2D eigenvalue weighted by atomic mass is 9.95. The Labute approximate surface area is 185 Å². The highest BCUT2D eigenvalue weighted by molar-refractivity contribution is 6.42. The first-order valence-electron chi connectivity index (χ1n) is 9.94. The second-order valence-corrected chi connectivity index (χ2v) is 8.56. The topological polar surface area (TPSA) is 71.4 Å². The minimum atomic E-state index is -0.423. The highest BCUT2D eigenvalue weighted by Crippen LogP contribution is 2.38. The Kier molecular flexibility index (Phi) is 6.06. The zero-order valence-electron chi connectivity index (χ0n) is 17.2. The summed E-state index contributed by atoms with van der Waals surface area (Å²) in [6.45, 7) is 5.20. The number of hydrogen-bond donors (Lipinski definition) is 2. The van der Waals surface area contributed by atoms with Crippen molar-refractivity contribution in [2.24, 2.45) is 0 Å². The van der Waals surface area contributed by atoms with Crippen LogP contribution in [0.4, 0.5) is 5.82 Å². The van der Waals surface area contributed by atoms with Gasteiger partial charge in [-0.3, -0.25) is 10.2 Å². The molecule has 2 N–H and O–H groups in total. The molecule has 2 aliphatic rings. The normalized spacial score (nSPS) is 21.5. The van der Waals surface area contributed by atoms with Crippen molar-refractivity contribution in [2.45, 2.75) is 38.8 Å². The maximum absolute atomic E-state index is 13.5. The summed E-state index contributed by atoms with van der Waals surface area (Å²) in [5, 5.41) is 10.8. The largest absolute Gasteiger partial charge is 0.383 e. The van der Waals surface area contributed by atoms with Crippen molar-refractivity contribution < 1.29 is 9.53 Å². The van der Waals surface area contributed by atoms with Crippen molar-refractivity contribution in [3.05, 3.63) is 56.8 Å². The molecule has 0 bridgehead atoms. The Balaban J connectivity index is 1.72. The van der Waals surface area contributed by atoms with E-state index in [1.54, 1.807) is 19.2 Å². The highest BCUT2D eigenvalue weighted by Gasteiger charge is 2.35. The fourth-order valence-electron chi connectivity index (χ4n) is 4.22. The highest BCUT2D eigenvalue weighted by atomic mass is 35.5. The van der Waals surface area contributed by atoms with Crippen molar-refractivity contribution in [2.75, 3.05) is 25.6 Å². The predicted molar refractivity (Wildman–Crippen MR) is 118 cm³/mol. The fourth-order valence-corrected chi connectivity index (χ4v) is 4.52. The van der Waals surface area contributed by atoms with Gasteiger partial charge in [0.05, 0.1) is 34.0 Å². The third-order valence-corrected chi connectivity index (χ3v) is 6.32. The summed E-state index contributed by atoms with van der Waals surface area (Å²) in [4.78, 5) is 13.5. The van der Waals surface area contributed by atoms with Gasteiger partial charge >= 0.3 is 0 Å². The molecule has 7 nitrogen and oxygen atoms in total. The van der Waals surface area contributed by atoms with E-state index in [-0.39, 0.29) is 11.9 Å². The summed E-state index contributed by atoms with van der Waals surface area (Å²) in [5.41, 5.74) is 6.16. The van der Waals surface area contributed by atoms with Gasteiger partial charge in [0.25, 0.3) is 5.91 Å². The molecule has 1 aromatic carbocycles. The molecule has 1 fully saturated rings. The number of methoxy groups -OCH3 is 1. The number of benzene rings is 1. The molecule has 1 unspecified atom stereocenters. The second-order valence-electron chi connectivity index (χ2n) is 7.74. The number of aromatic nitrogens is 2. The molecule has 30 heavy (non-hydrogen) atoms. The van der Waals surface area contributed by atoms with Crippen molar-refractivity contribution in [3.63, 3.8) is 0 Å². The third kappa shape index (κ3) is 3.95. The quantitative estimate of drug-likeness (QED) is 0.723. The number of amides is 1. The van der Waals surface area contributed by atoms with E-state index in [0.29, 0.717) is 22.2 Å². The van der Waals surface area contributed by atoms with E-state index in [1.807, 2.05) is 35.7 Å². The summed E-state index contributed by atoms with van der Waals surface area (Å²) in [5.74, 6) is 0.661. The number of halogens is 2. The number of carbonyl (C=O) groups excluding carboxylic acids is 1. The molecule has 0 aliphatic carbocycles. The van der Waals surface area contributed by atoms with Gasteiger partial charge in [0.15, 0.2) is 0 Å². The number of nitrogens with zero attached hydrogens (tertiary/aromatic N) is 3. The Morgan fingerprint density at radius 2 is 2.10 bits per heavy atom. The lowest BCUT2D eigenvalue weighted by Crippen LogP contribution is -2.48. The minimum Gasteiger partial charge on any atom is -0.383 e. The van der Waals surface area contributed by atoms with Gasteiger partial charge in [-0.1, -0.05) is 29.3 Å². The number of nitrogens with one attached hydrogen (secondary N) is 2. The Bertz CT molecular complexity index is 1000. The first kappa shape index (κ1) is 21.2. The summed E-state index contributed by atoms with van der Waals surface area (Å²) in [7, 11) is 1.68. The number of fused-ring (bicyclic) bond motifs is 1. The van der Waals surface area contributed by atoms with Crippen LogP contribution in [0.2, 0.25) is 10.0 Å². The molecule has 9 heteroatoms. The molecule has 3 heterocycles. The monoisotopic (exact) mass is 449 g/mol. The SMILES string of the molecule is COC[C@H]1CCCN1NC(=O)C1=C(C)Nc2cc(C)nn2C1c1ccc(Cl)c(Cl)c1. The molecule has 2 aliphatic heterocycles. The second kappa shape index (κ2) is 8.59. The molecule has 0 radical (unpaired) electrons. The van der Waals surface area contributed by atoms with Gasteiger partial charge < -0.3 is 10.1 Å². The smallest absolute Gasteiger partial charge is 0.265 e. The van der Waals surface area contributed by atoms with Gasteiger partial charge in [-0.15, -0.1) is 0 Å². The molecule has 2 atom stereocenters. The van der Waals surface area contributed by atoms with Crippen LogP contribution >= 0.6 is 23.2 Å². The number of allylic oxidation sites excluding steroid dienone is 1. The number of hydrogen-bond acceptors (Lipinski definition) is 5. The predicted octanol–water partition coefficient (Wildman–Crippen LogP) is 3.93. The molecule has 2 aromatic rings. The Morgan fingerprint density at radius 3 is 2.83 bits per heavy atom. The van der Waals surface area contributed by atoms with Crippen LogP contribution in [0.25, 0.3) is 0 Å². The first-order chi connectivity index (χ1) is 14.4. The Hall–Kier alpha value is -2.06. The summed E-state index contributed by atoms with van der Waals surface area (Å²) in [6, 6.07) is 7.13. The van der Waals surface area contributed by atoms with E-state index in [4.69, 9.17) is 27.9 Å². The lowest BCUT2D eigenvalue weighted by molar-refractivity contribution is -0.123. The van der Waals surface area contributed by atoms with Crippen molar-refractivity contribution in [1.82, 2.24) is 20.2 Å². The Morgan fingerprint density at radius 1 is 1.30 bits per heavy atom. The van der Waals surface area contributed by atoms with Crippen LogP contribution in [0.3, 0.4) is 0 Å². The number of aryl methyl sites for hydroxylation is 1. The van der Waals surface area contributed by atoms with Crippen LogP contribution < -0.4 is 10.7 Å². The average molecular weight is 450 g/mol. The molecule has 1 saturated heterocycles. The van der Waals surface area contributed by atoms with E-state index in [1.165, 1.54) is 0 Å². The summed E-state index contributed by atoms with van der Waals surface area (Å²) >= 11 is 12.4. The average Bonchev–Trinajstić information content (AvgIpc) is 3.28. The van der Waals surface area contributed by atoms with E-state index < -0.39 is 6.04 Å². The maximum Gasteiger partial charge on any atom is 0.265 e. The van der Waals surface area contributed by atoms with Crippen molar-refractivity contribution in [1.29, 1.82) is 0 Å². The lowest BCUT2D eigenvalue weighted by Gasteiger charge is -2.32. The molecule has 160 valence electrons. The van der Waals surface area contributed by atoms with Crippen LogP contribution in [0.1, 0.15) is 37.1 Å². The van der Waals surface area contributed by atoms with Crippen LogP contribution in [-0.2, 0) is 9.53 Å². The zero-order valence-corrected chi connectivity index (χ0v) is 18.7. The molecule has 0 saturated carbocycles. The van der Waals surface area contributed by atoms with Crippen LogP contribution in [0.15, 0.2) is 35.5 Å². The van der Waals surface area contributed by atoms with Gasteiger partial charge in [-0.2, -0.15) is 5.10 Å². The molecule has 1 amide bonds. The van der Waals surface area contributed by atoms with Crippen LogP contribution in [-0.4, -0.2) is 47.0 Å². The van der Waals surface area contributed by atoms with Gasteiger partial charge in [0.2, 0.25) is 0 Å². The fraction of sp³-hybridized carbons (Fsp3) is 0.429. The van der Waals surface area contributed by atoms with Crippen molar-refractivity contribution >= 4 is 34.9 Å². The number of hydrazine groups is 1. The molecular formula is C21H25Cl2N5O2. The molecular weight excluding hydrogens is 425 g/mol. The minimum absolute atomic E-state index is 0.169. The first-order valence-corrected chi connectivity index (χ1v) is 10.7. The van der Waals surface area contributed by atoms with Crippen LogP contribution in [0, 0.1) is 6.92 Å². The van der Waals surface area contributed by atoms with E-state index in [0.717, 1.165) is 42.2 Å². The van der Waals surface area contributed by atoms with E-state index in [2.05, 4.69) is 15.8 Å².